The molecule has 2 aromatic heterocycles. The number of imidazole rings is 1. The Labute approximate surface area is 108 Å². The van der Waals surface area contributed by atoms with Crippen molar-refractivity contribution in [1.82, 2.24) is 9.38 Å². The number of carbonyl (C=O) groups is 1. The van der Waals surface area contributed by atoms with E-state index in [4.69, 9.17) is 5.11 Å². The van der Waals surface area contributed by atoms with Crippen molar-refractivity contribution in [2.45, 2.75) is 0 Å². The molecule has 1 aromatic carbocycles. The van der Waals surface area contributed by atoms with E-state index in [2.05, 4.69) is 4.98 Å². The van der Waals surface area contributed by atoms with Crippen molar-refractivity contribution < 1.29 is 15.0 Å². The highest BCUT2D eigenvalue weighted by Crippen LogP contribution is 2.22. The predicted molar refractivity (Wildman–Crippen MR) is 69.3 cm³/mol. The average molecular weight is 254 g/mol. The minimum absolute atomic E-state index is 0.126. The van der Waals surface area contributed by atoms with E-state index in [0.29, 0.717) is 11.4 Å². The molecule has 94 valence electrons. The lowest BCUT2D eigenvalue weighted by atomic mass is 10.1. The smallest absolute Gasteiger partial charge is 0.335 e. The second-order valence-electron chi connectivity index (χ2n) is 4.15. The zero-order valence-corrected chi connectivity index (χ0v) is 9.82. The van der Waals surface area contributed by atoms with Crippen LogP contribution in [0.5, 0.6) is 5.75 Å². The Morgan fingerprint density at radius 2 is 2.05 bits per heavy atom. The minimum atomic E-state index is -0.981. The molecule has 2 heterocycles. The van der Waals surface area contributed by atoms with Gasteiger partial charge in [-0.1, -0.05) is 12.1 Å². The first-order valence-corrected chi connectivity index (χ1v) is 5.65. The van der Waals surface area contributed by atoms with Gasteiger partial charge in [0.2, 0.25) is 0 Å². The van der Waals surface area contributed by atoms with Gasteiger partial charge in [0.05, 0.1) is 23.5 Å². The number of aromatic nitrogens is 2. The number of hydrogen-bond donors (Lipinski definition) is 2. The summed E-state index contributed by atoms with van der Waals surface area (Å²) in [7, 11) is 0. The summed E-state index contributed by atoms with van der Waals surface area (Å²) in [5.41, 5.74) is 1.72. The summed E-state index contributed by atoms with van der Waals surface area (Å²) in [6.07, 6.45) is 3.22. The fourth-order valence-electron chi connectivity index (χ4n) is 1.98. The second kappa shape index (κ2) is 4.13. The number of aromatic carboxylic acids is 1. The first kappa shape index (κ1) is 11.3. The Balaban J connectivity index is 2.21. The maximum Gasteiger partial charge on any atom is 0.335 e. The lowest BCUT2D eigenvalue weighted by Gasteiger charge is -2.03. The lowest BCUT2D eigenvalue weighted by Crippen LogP contribution is -1.97. The lowest BCUT2D eigenvalue weighted by molar-refractivity contribution is 0.0697. The molecule has 0 bridgehead atoms. The molecular weight excluding hydrogens is 244 g/mol. The van der Waals surface area contributed by atoms with Gasteiger partial charge in [0.15, 0.2) is 0 Å². The van der Waals surface area contributed by atoms with E-state index < -0.39 is 5.97 Å². The van der Waals surface area contributed by atoms with Gasteiger partial charge in [0.1, 0.15) is 11.6 Å². The van der Waals surface area contributed by atoms with Crippen LogP contribution < -0.4 is 0 Å². The summed E-state index contributed by atoms with van der Waals surface area (Å²) in [5.74, 6) is -0.263. The molecule has 3 rings (SSSR count). The van der Waals surface area contributed by atoms with Gasteiger partial charge < -0.3 is 10.2 Å². The highest BCUT2D eigenvalue weighted by atomic mass is 16.4. The normalized spacial score (nSPS) is 10.7. The molecule has 2 N–H and O–H groups in total. The van der Waals surface area contributed by atoms with E-state index in [-0.39, 0.29) is 11.3 Å². The van der Waals surface area contributed by atoms with E-state index in [1.807, 2.05) is 0 Å². The van der Waals surface area contributed by atoms with Gasteiger partial charge in [0.25, 0.3) is 0 Å². The van der Waals surface area contributed by atoms with Crippen LogP contribution in [0.3, 0.4) is 0 Å². The van der Waals surface area contributed by atoms with Gasteiger partial charge in [-0.3, -0.25) is 4.40 Å². The Bertz CT molecular complexity index is 777. The molecule has 0 atom stereocenters. The fourth-order valence-corrected chi connectivity index (χ4v) is 1.98. The summed E-state index contributed by atoms with van der Waals surface area (Å²) in [5, 5.41) is 18.5. The maximum atomic E-state index is 11.0. The Morgan fingerprint density at radius 3 is 2.84 bits per heavy atom. The van der Waals surface area contributed by atoms with Crippen molar-refractivity contribution in [1.29, 1.82) is 0 Å². The van der Waals surface area contributed by atoms with Crippen molar-refractivity contribution in [3.63, 3.8) is 0 Å². The number of fused-ring (bicyclic) bond motifs is 1. The molecule has 0 amide bonds. The largest absolute Gasteiger partial charge is 0.506 e. The quantitative estimate of drug-likeness (QED) is 0.736. The molecular formula is C14H10N2O3. The maximum absolute atomic E-state index is 11.0. The van der Waals surface area contributed by atoms with Gasteiger partial charge >= 0.3 is 5.97 Å². The first-order valence-electron chi connectivity index (χ1n) is 5.65. The first-order chi connectivity index (χ1) is 9.15. The summed E-state index contributed by atoms with van der Waals surface area (Å²) in [6.45, 7) is 0. The van der Waals surface area contributed by atoms with Crippen LogP contribution >= 0.6 is 0 Å². The van der Waals surface area contributed by atoms with E-state index >= 15 is 0 Å². The van der Waals surface area contributed by atoms with Crippen LogP contribution in [0.25, 0.3) is 16.9 Å². The zero-order chi connectivity index (χ0) is 13.4. The summed E-state index contributed by atoms with van der Waals surface area (Å²) in [6, 6.07) is 9.86. The predicted octanol–water partition coefficient (Wildman–Crippen LogP) is 2.41. The van der Waals surface area contributed by atoms with E-state index in [1.165, 1.54) is 6.07 Å². The molecule has 5 nitrogen and oxygen atoms in total. The van der Waals surface area contributed by atoms with Crippen molar-refractivity contribution in [2.75, 3.05) is 0 Å². The molecule has 0 radical (unpaired) electrons. The van der Waals surface area contributed by atoms with Gasteiger partial charge in [-0.15, -0.1) is 0 Å². The van der Waals surface area contributed by atoms with E-state index in [9.17, 15) is 9.90 Å². The van der Waals surface area contributed by atoms with Gasteiger partial charge in [0, 0.05) is 5.56 Å². The third-order valence-electron chi connectivity index (χ3n) is 2.88. The minimum Gasteiger partial charge on any atom is -0.506 e. The molecule has 0 unspecified atom stereocenters. The third-order valence-corrected chi connectivity index (χ3v) is 2.88. The topological polar surface area (TPSA) is 74.8 Å². The number of aromatic hydroxyl groups is 1. The standard InChI is InChI=1S/C14H10N2O3/c17-12-5-4-11-7-15-13(16(11)8-12)9-2-1-3-10(6-9)14(18)19/h1-8,17H,(H,18,19). The Kier molecular flexibility index (Phi) is 2.45. The molecule has 0 fully saturated rings. The molecule has 0 aliphatic carbocycles. The van der Waals surface area contributed by atoms with Crippen LogP contribution in [-0.4, -0.2) is 25.6 Å². The number of carboxylic acid groups (broad SMARTS) is 1. The Hall–Kier alpha value is -2.82. The van der Waals surface area contributed by atoms with Gasteiger partial charge in [-0.25, -0.2) is 9.78 Å². The molecule has 5 heteroatoms. The summed E-state index contributed by atoms with van der Waals surface area (Å²) in [4.78, 5) is 15.2. The summed E-state index contributed by atoms with van der Waals surface area (Å²) < 4.78 is 1.72. The van der Waals surface area contributed by atoms with Crippen LogP contribution in [0.2, 0.25) is 0 Å². The summed E-state index contributed by atoms with van der Waals surface area (Å²) >= 11 is 0. The molecule has 0 aliphatic heterocycles. The zero-order valence-electron chi connectivity index (χ0n) is 9.82. The van der Waals surface area contributed by atoms with Gasteiger partial charge in [-0.2, -0.15) is 0 Å². The van der Waals surface area contributed by atoms with Crippen LogP contribution in [0.1, 0.15) is 10.4 Å². The molecule has 0 saturated heterocycles. The molecule has 0 saturated carbocycles. The van der Waals surface area contributed by atoms with Crippen LogP contribution in [0.4, 0.5) is 0 Å². The molecule has 3 aromatic rings. The molecule has 19 heavy (non-hydrogen) atoms. The van der Waals surface area contributed by atoms with E-state index in [1.54, 1.807) is 47.1 Å². The van der Waals surface area contributed by atoms with Crippen molar-refractivity contribution >= 4 is 11.5 Å². The fraction of sp³-hybridized carbons (Fsp3) is 0. The highest BCUT2D eigenvalue weighted by Gasteiger charge is 2.09. The van der Waals surface area contributed by atoms with Crippen LogP contribution in [0.15, 0.2) is 48.8 Å². The number of pyridine rings is 1. The van der Waals surface area contributed by atoms with E-state index in [0.717, 1.165) is 5.52 Å². The number of benzene rings is 1. The number of carboxylic acids is 1. The van der Waals surface area contributed by atoms with Crippen molar-refractivity contribution in [3.8, 4) is 17.1 Å². The molecule has 0 spiro atoms. The van der Waals surface area contributed by atoms with Gasteiger partial charge in [-0.05, 0) is 24.3 Å². The second-order valence-corrected chi connectivity index (χ2v) is 4.15. The van der Waals surface area contributed by atoms with Crippen LogP contribution in [0, 0.1) is 0 Å². The number of rotatable bonds is 2. The van der Waals surface area contributed by atoms with Crippen molar-refractivity contribution in [3.05, 3.63) is 54.4 Å². The Morgan fingerprint density at radius 1 is 1.21 bits per heavy atom. The third kappa shape index (κ3) is 1.91. The number of hydrogen-bond acceptors (Lipinski definition) is 3. The average Bonchev–Trinajstić information content (AvgIpc) is 2.81. The SMILES string of the molecule is O=C(O)c1cccc(-c2ncc3ccc(O)cn23)c1. The number of nitrogens with zero attached hydrogens (tertiary/aromatic N) is 2. The molecule has 0 aliphatic rings. The van der Waals surface area contributed by atoms with Crippen molar-refractivity contribution in [2.24, 2.45) is 0 Å². The highest BCUT2D eigenvalue weighted by molar-refractivity contribution is 5.89. The van der Waals surface area contributed by atoms with Crippen LogP contribution in [-0.2, 0) is 0 Å². The monoisotopic (exact) mass is 254 g/mol.